The first kappa shape index (κ1) is 18.4. The number of amidine groups is 1. The van der Waals surface area contributed by atoms with E-state index >= 15 is 0 Å². The van der Waals surface area contributed by atoms with E-state index in [0.29, 0.717) is 0 Å². The maximum absolute atomic E-state index is 12.6. The Balaban J connectivity index is 2.49. The van der Waals surface area contributed by atoms with Crippen molar-refractivity contribution in [2.24, 2.45) is 4.99 Å². The number of benzene rings is 1. The molecule has 1 heterocycles. The smallest absolute Gasteiger partial charge is 0.253 e. The molecule has 3 heteroatoms. The van der Waals surface area contributed by atoms with Crippen LogP contribution in [0.2, 0.25) is 0 Å². The number of hydrogen-bond acceptors (Lipinski definition) is 2. The molecule has 0 aliphatic carbocycles. The summed E-state index contributed by atoms with van der Waals surface area (Å²) in [6.45, 7) is 14.5. The van der Waals surface area contributed by atoms with Crippen molar-refractivity contribution in [1.29, 1.82) is 0 Å². The SMILES string of the molecule is CCCc1ccc(C2=CC(=O)N(C(C)(C)C)C2=NC(C)(C)C)cc1. The fourth-order valence-corrected chi connectivity index (χ4v) is 2.91. The van der Waals surface area contributed by atoms with E-state index in [0.717, 1.165) is 29.8 Å². The van der Waals surface area contributed by atoms with Crippen molar-refractivity contribution in [3.63, 3.8) is 0 Å². The molecule has 1 aliphatic rings. The number of amides is 1. The summed E-state index contributed by atoms with van der Waals surface area (Å²) in [4.78, 5) is 19.3. The van der Waals surface area contributed by atoms with Crippen LogP contribution < -0.4 is 0 Å². The highest BCUT2D eigenvalue weighted by Gasteiger charge is 2.38. The Morgan fingerprint density at radius 3 is 2.04 bits per heavy atom. The van der Waals surface area contributed by atoms with Gasteiger partial charge in [0, 0.05) is 17.2 Å². The minimum atomic E-state index is -0.304. The molecular formula is C21H30N2O. The van der Waals surface area contributed by atoms with E-state index in [2.05, 4.69) is 52.0 Å². The predicted molar refractivity (Wildman–Crippen MR) is 102 cm³/mol. The molecule has 0 atom stereocenters. The second kappa shape index (κ2) is 6.54. The van der Waals surface area contributed by atoms with Gasteiger partial charge in [0.25, 0.3) is 5.91 Å². The molecule has 1 amide bonds. The Hall–Kier alpha value is -1.90. The van der Waals surface area contributed by atoms with E-state index < -0.39 is 0 Å². The molecule has 130 valence electrons. The Bertz CT molecular complexity index is 667. The lowest BCUT2D eigenvalue weighted by Gasteiger charge is -2.34. The Kier molecular flexibility index (Phi) is 5.03. The maximum Gasteiger partial charge on any atom is 0.253 e. The van der Waals surface area contributed by atoms with Crippen molar-refractivity contribution < 1.29 is 4.79 Å². The summed E-state index contributed by atoms with van der Waals surface area (Å²) in [5.41, 5.74) is 2.76. The molecule has 0 aromatic heterocycles. The number of aliphatic imine (C=N–C) groups is 1. The molecule has 24 heavy (non-hydrogen) atoms. The van der Waals surface area contributed by atoms with Gasteiger partial charge in [-0.3, -0.25) is 14.7 Å². The summed E-state index contributed by atoms with van der Waals surface area (Å²) in [7, 11) is 0. The summed E-state index contributed by atoms with van der Waals surface area (Å²) in [5, 5.41) is 0. The maximum atomic E-state index is 12.6. The highest BCUT2D eigenvalue weighted by atomic mass is 16.2. The lowest BCUT2D eigenvalue weighted by Crippen LogP contribution is -2.46. The fraction of sp³-hybridized carbons (Fsp3) is 0.524. The quantitative estimate of drug-likeness (QED) is 0.780. The monoisotopic (exact) mass is 326 g/mol. The van der Waals surface area contributed by atoms with E-state index in [4.69, 9.17) is 4.99 Å². The van der Waals surface area contributed by atoms with E-state index in [-0.39, 0.29) is 17.0 Å². The van der Waals surface area contributed by atoms with Crippen LogP contribution in [0.3, 0.4) is 0 Å². The molecule has 3 nitrogen and oxygen atoms in total. The first-order valence-corrected chi connectivity index (χ1v) is 8.78. The van der Waals surface area contributed by atoms with Gasteiger partial charge in [0.1, 0.15) is 5.84 Å². The molecule has 0 bridgehead atoms. The van der Waals surface area contributed by atoms with Gasteiger partial charge in [0.05, 0.1) is 5.54 Å². The molecular weight excluding hydrogens is 296 g/mol. The van der Waals surface area contributed by atoms with Crippen molar-refractivity contribution in [1.82, 2.24) is 4.90 Å². The molecule has 0 saturated heterocycles. The number of carbonyl (C=O) groups is 1. The summed E-state index contributed by atoms with van der Waals surface area (Å²) < 4.78 is 0. The minimum absolute atomic E-state index is 0.0122. The second-order valence-corrected chi connectivity index (χ2v) is 8.46. The average Bonchev–Trinajstić information content (AvgIpc) is 2.74. The van der Waals surface area contributed by atoms with Gasteiger partial charge in [-0.15, -0.1) is 0 Å². The van der Waals surface area contributed by atoms with Gasteiger partial charge in [-0.05, 0) is 59.1 Å². The van der Waals surface area contributed by atoms with Gasteiger partial charge >= 0.3 is 0 Å². The van der Waals surface area contributed by atoms with Crippen molar-refractivity contribution in [2.75, 3.05) is 0 Å². The molecule has 0 spiro atoms. The molecule has 1 aromatic carbocycles. The fourth-order valence-electron chi connectivity index (χ4n) is 2.91. The third kappa shape index (κ3) is 4.14. The first-order chi connectivity index (χ1) is 11.0. The largest absolute Gasteiger partial charge is 0.288 e. The lowest BCUT2D eigenvalue weighted by atomic mass is 10.00. The average molecular weight is 326 g/mol. The zero-order valence-corrected chi connectivity index (χ0v) is 16.1. The normalized spacial score (nSPS) is 17.6. The predicted octanol–water partition coefficient (Wildman–Crippen LogP) is 4.86. The summed E-state index contributed by atoms with van der Waals surface area (Å²) in [6.07, 6.45) is 3.94. The molecule has 2 rings (SSSR count). The Labute approximate surface area is 146 Å². The van der Waals surface area contributed by atoms with Gasteiger partial charge in [0.2, 0.25) is 0 Å². The molecule has 0 fully saturated rings. The van der Waals surface area contributed by atoms with Crippen LogP contribution in [0.4, 0.5) is 0 Å². The Morgan fingerprint density at radius 1 is 1.00 bits per heavy atom. The summed E-state index contributed by atoms with van der Waals surface area (Å²) in [5.74, 6) is 0.793. The van der Waals surface area contributed by atoms with Crippen LogP contribution >= 0.6 is 0 Å². The van der Waals surface area contributed by atoms with Crippen LogP contribution in [-0.2, 0) is 11.2 Å². The zero-order chi connectivity index (χ0) is 18.1. The standard InChI is InChI=1S/C21H30N2O/c1-8-9-15-10-12-16(13-11-15)17-14-18(24)23(21(5,6)7)19(17)22-20(2,3)4/h10-14H,8-9H2,1-7H3. The van der Waals surface area contributed by atoms with Crippen LogP contribution in [0.1, 0.15) is 66.0 Å². The topological polar surface area (TPSA) is 32.7 Å². The molecule has 0 saturated carbocycles. The molecule has 0 radical (unpaired) electrons. The van der Waals surface area contributed by atoms with Gasteiger partial charge < -0.3 is 0 Å². The number of carbonyl (C=O) groups excluding carboxylic acids is 1. The summed E-state index contributed by atoms with van der Waals surface area (Å²) in [6, 6.07) is 8.51. The van der Waals surface area contributed by atoms with Crippen molar-refractivity contribution in [3.05, 3.63) is 41.5 Å². The van der Waals surface area contributed by atoms with Crippen LogP contribution in [0.5, 0.6) is 0 Å². The molecule has 0 N–H and O–H groups in total. The summed E-state index contributed by atoms with van der Waals surface area (Å²) >= 11 is 0. The van der Waals surface area contributed by atoms with Gasteiger partial charge in [0.15, 0.2) is 0 Å². The van der Waals surface area contributed by atoms with Gasteiger partial charge in [-0.25, -0.2) is 0 Å². The first-order valence-electron chi connectivity index (χ1n) is 8.78. The third-order valence-electron chi connectivity index (χ3n) is 3.86. The number of rotatable bonds is 3. The number of nitrogens with zero attached hydrogens (tertiary/aromatic N) is 2. The van der Waals surface area contributed by atoms with Crippen LogP contribution in [0, 0.1) is 0 Å². The zero-order valence-electron chi connectivity index (χ0n) is 16.1. The number of aryl methyl sites for hydroxylation is 1. The third-order valence-corrected chi connectivity index (χ3v) is 3.86. The van der Waals surface area contributed by atoms with E-state index in [1.807, 2.05) is 25.7 Å². The van der Waals surface area contributed by atoms with E-state index in [9.17, 15) is 4.79 Å². The minimum Gasteiger partial charge on any atom is -0.288 e. The lowest BCUT2D eigenvalue weighted by molar-refractivity contribution is -0.124. The van der Waals surface area contributed by atoms with Crippen molar-refractivity contribution in [2.45, 2.75) is 72.4 Å². The van der Waals surface area contributed by atoms with E-state index in [1.54, 1.807) is 6.08 Å². The van der Waals surface area contributed by atoms with E-state index in [1.165, 1.54) is 5.56 Å². The van der Waals surface area contributed by atoms with Gasteiger partial charge in [-0.2, -0.15) is 0 Å². The molecule has 1 aromatic rings. The number of hydrogen-bond donors (Lipinski definition) is 0. The van der Waals surface area contributed by atoms with Crippen molar-refractivity contribution >= 4 is 17.3 Å². The second-order valence-electron chi connectivity index (χ2n) is 8.46. The van der Waals surface area contributed by atoms with Crippen LogP contribution in [0.25, 0.3) is 5.57 Å². The van der Waals surface area contributed by atoms with Crippen LogP contribution in [0.15, 0.2) is 35.3 Å². The molecule has 1 aliphatic heterocycles. The van der Waals surface area contributed by atoms with Crippen molar-refractivity contribution in [3.8, 4) is 0 Å². The highest BCUT2D eigenvalue weighted by molar-refractivity contribution is 6.36. The van der Waals surface area contributed by atoms with Crippen LogP contribution in [-0.4, -0.2) is 27.7 Å². The highest BCUT2D eigenvalue weighted by Crippen LogP contribution is 2.31. The van der Waals surface area contributed by atoms with Gasteiger partial charge in [-0.1, -0.05) is 37.6 Å². The Morgan fingerprint density at radius 2 is 1.58 bits per heavy atom. The molecule has 0 unspecified atom stereocenters.